The van der Waals surface area contributed by atoms with Crippen LogP contribution in [0.3, 0.4) is 0 Å². The van der Waals surface area contributed by atoms with Crippen molar-refractivity contribution in [3.05, 3.63) is 46.3 Å². The highest BCUT2D eigenvalue weighted by Gasteiger charge is 2.24. The van der Waals surface area contributed by atoms with Crippen LogP contribution in [-0.4, -0.2) is 42.5 Å². The molecule has 0 saturated carbocycles. The van der Waals surface area contributed by atoms with Crippen LogP contribution in [0.1, 0.15) is 41.7 Å². The Balaban J connectivity index is 1.17. The number of hydrogen-bond donors (Lipinski definition) is 3. The van der Waals surface area contributed by atoms with E-state index in [0.717, 1.165) is 56.4 Å². The van der Waals surface area contributed by atoms with Crippen LogP contribution < -0.4 is 16.0 Å². The van der Waals surface area contributed by atoms with Crippen LogP contribution in [0.15, 0.2) is 30.3 Å². The van der Waals surface area contributed by atoms with Crippen LogP contribution in [0.4, 0.5) is 15.5 Å². The number of anilines is 2. The van der Waals surface area contributed by atoms with Crippen molar-refractivity contribution >= 4 is 34.0 Å². The number of piperidine rings is 1. The van der Waals surface area contributed by atoms with Gasteiger partial charge >= 0.3 is 6.03 Å². The molecule has 7 nitrogen and oxygen atoms in total. The maximum absolute atomic E-state index is 12.4. The number of para-hydroxylation sites is 1. The number of benzene rings is 1. The zero-order chi connectivity index (χ0) is 21.6. The van der Waals surface area contributed by atoms with Gasteiger partial charge in [0, 0.05) is 42.7 Å². The zero-order valence-electron chi connectivity index (χ0n) is 17.4. The number of fused-ring (bicyclic) bond motifs is 1. The van der Waals surface area contributed by atoms with E-state index in [-0.39, 0.29) is 18.0 Å². The Morgan fingerprint density at radius 1 is 1.13 bits per heavy atom. The minimum atomic E-state index is -0.180. The standard InChI is InChI=1S/C23H27N5O2S/c24-15-19-18-7-4-8-20(18)31-22(19)27-21(29)11-14-28-12-9-17(10-13-28)26-23(30)25-16-5-2-1-3-6-16/h1-3,5-6,17H,4,7-14H2,(H,27,29)(H2,25,26,30). The van der Waals surface area contributed by atoms with E-state index in [1.54, 1.807) is 11.3 Å². The third-order valence-electron chi connectivity index (χ3n) is 5.90. The van der Waals surface area contributed by atoms with E-state index in [9.17, 15) is 14.9 Å². The average Bonchev–Trinajstić information content (AvgIpc) is 3.34. The number of carbonyl (C=O) groups excluding carboxylic acids is 2. The minimum absolute atomic E-state index is 0.0427. The number of rotatable bonds is 6. The summed E-state index contributed by atoms with van der Waals surface area (Å²) in [6.45, 7) is 2.38. The van der Waals surface area contributed by atoms with Crippen LogP contribution in [-0.2, 0) is 17.6 Å². The molecule has 1 saturated heterocycles. The van der Waals surface area contributed by atoms with Crippen LogP contribution in [0, 0.1) is 11.3 Å². The summed E-state index contributed by atoms with van der Waals surface area (Å²) in [7, 11) is 0. The van der Waals surface area contributed by atoms with E-state index < -0.39 is 0 Å². The van der Waals surface area contributed by atoms with Crippen molar-refractivity contribution in [2.24, 2.45) is 0 Å². The van der Waals surface area contributed by atoms with Gasteiger partial charge in [-0.15, -0.1) is 11.3 Å². The van der Waals surface area contributed by atoms with Gasteiger partial charge in [-0.1, -0.05) is 18.2 Å². The summed E-state index contributed by atoms with van der Waals surface area (Å²) in [6.07, 6.45) is 5.18. The summed E-state index contributed by atoms with van der Waals surface area (Å²) in [5.74, 6) is -0.0427. The highest BCUT2D eigenvalue weighted by atomic mass is 32.1. The van der Waals surface area contributed by atoms with Gasteiger partial charge in [0.05, 0.1) is 5.56 Å². The van der Waals surface area contributed by atoms with Crippen LogP contribution >= 0.6 is 11.3 Å². The van der Waals surface area contributed by atoms with E-state index in [1.807, 2.05) is 30.3 Å². The molecule has 3 amide bonds. The quantitative estimate of drug-likeness (QED) is 0.642. The molecule has 1 aliphatic carbocycles. The lowest BCUT2D eigenvalue weighted by Gasteiger charge is -2.32. The number of nitrogens with one attached hydrogen (secondary N) is 3. The fourth-order valence-corrected chi connectivity index (χ4v) is 5.49. The molecule has 1 aromatic heterocycles. The van der Waals surface area contributed by atoms with E-state index in [4.69, 9.17) is 0 Å². The largest absolute Gasteiger partial charge is 0.335 e. The summed E-state index contributed by atoms with van der Waals surface area (Å²) in [5.41, 5.74) is 2.57. The molecule has 0 bridgehead atoms. The van der Waals surface area contributed by atoms with Gasteiger partial charge in [0.1, 0.15) is 11.1 Å². The van der Waals surface area contributed by atoms with Crippen molar-refractivity contribution < 1.29 is 9.59 Å². The number of carbonyl (C=O) groups is 2. The lowest BCUT2D eigenvalue weighted by atomic mass is 10.1. The molecule has 0 unspecified atom stereocenters. The van der Waals surface area contributed by atoms with Crippen molar-refractivity contribution in [3.63, 3.8) is 0 Å². The maximum atomic E-state index is 12.4. The molecular formula is C23H27N5O2S. The molecule has 31 heavy (non-hydrogen) atoms. The number of likely N-dealkylation sites (tertiary alicyclic amines) is 1. The van der Waals surface area contributed by atoms with Crippen molar-refractivity contribution in [2.75, 3.05) is 30.3 Å². The predicted octanol–water partition coefficient (Wildman–Crippen LogP) is 3.72. The Morgan fingerprint density at radius 2 is 1.90 bits per heavy atom. The fraction of sp³-hybridized carbons (Fsp3) is 0.435. The summed E-state index contributed by atoms with van der Waals surface area (Å²) < 4.78 is 0. The van der Waals surface area contributed by atoms with Gasteiger partial charge in [-0.25, -0.2) is 4.79 Å². The van der Waals surface area contributed by atoms with E-state index >= 15 is 0 Å². The number of aryl methyl sites for hydroxylation is 1. The summed E-state index contributed by atoms with van der Waals surface area (Å²) in [5, 5.41) is 19.0. The first-order valence-corrected chi connectivity index (χ1v) is 11.6. The topological polar surface area (TPSA) is 97.3 Å². The highest BCUT2D eigenvalue weighted by Crippen LogP contribution is 2.38. The number of amides is 3. The Labute approximate surface area is 186 Å². The van der Waals surface area contributed by atoms with E-state index in [2.05, 4.69) is 26.9 Å². The Hall–Kier alpha value is -2.89. The molecule has 1 aromatic carbocycles. The minimum Gasteiger partial charge on any atom is -0.335 e. The SMILES string of the molecule is N#Cc1c(NC(=O)CCN2CCC(NC(=O)Nc3ccccc3)CC2)sc2c1CCC2. The lowest BCUT2D eigenvalue weighted by Crippen LogP contribution is -2.46. The molecule has 3 N–H and O–H groups in total. The molecule has 2 aliphatic rings. The van der Waals surface area contributed by atoms with E-state index in [0.29, 0.717) is 23.5 Å². The smallest absolute Gasteiger partial charge is 0.319 e. The summed E-state index contributed by atoms with van der Waals surface area (Å²) in [6, 6.07) is 11.6. The number of nitriles is 1. The normalized spacial score (nSPS) is 16.4. The molecule has 0 spiro atoms. The first-order chi connectivity index (χ1) is 15.1. The second kappa shape index (κ2) is 9.94. The second-order valence-corrected chi connectivity index (χ2v) is 9.16. The van der Waals surface area contributed by atoms with E-state index in [1.165, 1.54) is 4.88 Å². The van der Waals surface area contributed by atoms with Crippen molar-refractivity contribution in [2.45, 2.75) is 44.6 Å². The Bertz CT molecular complexity index is 974. The second-order valence-electron chi connectivity index (χ2n) is 8.05. The summed E-state index contributed by atoms with van der Waals surface area (Å²) >= 11 is 1.56. The zero-order valence-corrected chi connectivity index (χ0v) is 18.3. The van der Waals surface area contributed by atoms with Gasteiger partial charge in [0.2, 0.25) is 5.91 Å². The first kappa shape index (κ1) is 21.3. The summed E-state index contributed by atoms with van der Waals surface area (Å²) in [4.78, 5) is 28.1. The third-order valence-corrected chi connectivity index (χ3v) is 7.10. The van der Waals surface area contributed by atoms with Gasteiger partial charge in [-0.3, -0.25) is 4.79 Å². The molecule has 0 atom stereocenters. The van der Waals surface area contributed by atoms with Gasteiger partial charge < -0.3 is 20.9 Å². The van der Waals surface area contributed by atoms with Crippen molar-refractivity contribution in [1.82, 2.24) is 10.2 Å². The van der Waals surface area contributed by atoms with Crippen LogP contribution in [0.2, 0.25) is 0 Å². The molecule has 8 heteroatoms. The molecule has 2 heterocycles. The molecule has 1 fully saturated rings. The van der Waals surface area contributed by atoms with Crippen molar-refractivity contribution in [3.8, 4) is 6.07 Å². The molecule has 1 aliphatic heterocycles. The number of nitrogens with zero attached hydrogens (tertiary/aromatic N) is 2. The first-order valence-electron chi connectivity index (χ1n) is 10.8. The van der Waals surface area contributed by atoms with Gasteiger partial charge in [0.25, 0.3) is 0 Å². The van der Waals surface area contributed by atoms with Crippen LogP contribution in [0.25, 0.3) is 0 Å². The molecule has 2 aromatic rings. The van der Waals surface area contributed by atoms with Gasteiger partial charge in [0.15, 0.2) is 0 Å². The molecule has 4 rings (SSSR count). The van der Waals surface area contributed by atoms with Gasteiger partial charge in [-0.2, -0.15) is 5.26 Å². The van der Waals surface area contributed by atoms with Crippen LogP contribution in [0.5, 0.6) is 0 Å². The fourth-order valence-electron chi connectivity index (χ4n) is 4.23. The number of thiophene rings is 1. The molecule has 162 valence electrons. The van der Waals surface area contributed by atoms with Gasteiger partial charge in [-0.05, 0) is 49.8 Å². The predicted molar refractivity (Wildman–Crippen MR) is 122 cm³/mol. The molecule has 0 radical (unpaired) electrons. The Kier molecular flexibility index (Phi) is 6.85. The molecular weight excluding hydrogens is 410 g/mol. The highest BCUT2D eigenvalue weighted by molar-refractivity contribution is 7.16. The number of hydrogen-bond acceptors (Lipinski definition) is 5. The Morgan fingerprint density at radius 3 is 2.65 bits per heavy atom. The van der Waals surface area contributed by atoms with Crippen molar-refractivity contribution in [1.29, 1.82) is 5.26 Å². The maximum Gasteiger partial charge on any atom is 0.319 e. The average molecular weight is 438 g/mol. The lowest BCUT2D eigenvalue weighted by molar-refractivity contribution is -0.116. The number of urea groups is 1. The third kappa shape index (κ3) is 5.43. The monoisotopic (exact) mass is 437 g/mol.